The van der Waals surface area contributed by atoms with Gasteiger partial charge in [0, 0.05) is 6.42 Å². The molecule has 1 heterocycles. The van der Waals surface area contributed by atoms with E-state index in [2.05, 4.69) is 26.0 Å². The van der Waals surface area contributed by atoms with Crippen molar-refractivity contribution in [1.82, 2.24) is 14.8 Å². The van der Waals surface area contributed by atoms with Crippen molar-refractivity contribution in [3.63, 3.8) is 0 Å². The van der Waals surface area contributed by atoms with Crippen molar-refractivity contribution in [2.45, 2.75) is 18.3 Å². The molecule has 0 aliphatic heterocycles. The summed E-state index contributed by atoms with van der Waals surface area (Å²) < 4.78 is 25.9. The van der Waals surface area contributed by atoms with Crippen molar-refractivity contribution in [2.24, 2.45) is 0 Å². The molecule has 0 aliphatic carbocycles. The first kappa shape index (κ1) is 10.6. The van der Waals surface area contributed by atoms with Gasteiger partial charge in [-0.3, -0.25) is 0 Å². The fourth-order valence-corrected chi connectivity index (χ4v) is 1.24. The van der Waals surface area contributed by atoms with E-state index in [-0.39, 0.29) is 12.5 Å². The molecule has 0 amide bonds. The zero-order valence-electron chi connectivity index (χ0n) is 6.35. The van der Waals surface area contributed by atoms with Crippen molar-refractivity contribution < 1.29 is 8.78 Å². The number of anilines is 1. The minimum atomic E-state index is -3.22. The fraction of sp³-hybridized carbons (Fsp3) is 0.600. The van der Waals surface area contributed by atoms with Crippen LogP contribution in [-0.2, 0) is 6.54 Å². The highest BCUT2D eigenvalue weighted by Crippen LogP contribution is 2.24. The van der Waals surface area contributed by atoms with Gasteiger partial charge in [-0.2, -0.15) is 13.8 Å². The highest BCUT2D eigenvalue weighted by atomic mass is 79.9. The number of aryl methyl sites for hydroxylation is 1. The molecule has 1 aromatic rings. The van der Waals surface area contributed by atoms with Crippen LogP contribution in [0.25, 0.3) is 0 Å². The van der Waals surface area contributed by atoms with Gasteiger partial charge in [-0.15, -0.1) is 5.10 Å². The fourth-order valence-electron chi connectivity index (χ4n) is 0.714. The number of nitrogens with zero attached hydrogens (tertiary/aromatic N) is 3. The predicted molar refractivity (Wildman–Crippen MR) is 47.6 cm³/mol. The lowest BCUT2D eigenvalue weighted by molar-refractivity contribution is 0.0793. The van der Waals surface area contributed by atoms with E-state index < -0.39 is 11.8 Å². The van der Waals surface area contributed by atoms with Crippen LogP contribution in [-0.4, -0.2) is 20.1 Å². The summed E-state index contributed by atoms with van der Waals surface area (Å²) in [7, 11) is 0. The lowest BCUT2D eigenvalue weighted by atomic mass is 10.4. The Bertz CT molecular complexity index is 297. The smallest absolute Gasteiger partial charge is 0.323 e. The largest absolute Gasteiger partial charge is 0.366 e. The van der Waals surface area contributed by atoms with Gasteiger partial charge in [-0.05, 0) is 27.5 Å². The van der Waals surface area contributed by atoms with Gasteiger partial charge in [0.15, 0.2) is 4.73 Å². The molecule has 4 nitrogen and oxygen atoms in total. The lowest BCUT2D eigenvalue weighted by Crippen LogP contribution is -2.12. The Kier molecular flexibility index (Phi) is 3.07. The van der Waals surface area contributed by atoms with Gasteiger partial charge in [0.1, 0.15) is 0 Å². The van der Waals surface area contributed by atoms with Gasteiger partial charge in [0.05, 0.1) is 6.54 Å². The molecule has 0 atom stereocenters. The van der Waals surface area contributed by atoms with Crippen LogP contribution in [0.4, 0.5) is 14.7 Å². The first-order valence-corrected chi connectivity index (χ1v) is 4.48. The monoisotopic (exact) mass is 274 g/mol. The average Bonchev–Trinajstić information content (AvgIpc) is 2.24. The molecular weight excluding hydrogens is 269 g/mol. The molecule has 1 rings (SSSR count). The molecule has 13 heavy (non-hydrogen) atoms. The molecule has 1 aromatic heterocycles. The summed E-state index contributed by atoms with van der Waals surface area (Å²) in [6.07, 6.45) is -0.518. The summed E-state index contributed by atoms with van der Waals surface area (Å²) in [5.74, 6) is 0.0322. The van der Waals surface area contributed by atoms with Gasteiger partial charge in [0.25, 0.3) is 0 Å². The molecule has 74 valence electrons. The minimum absolute atomic E-state index is 0.0322. The van der Waals surface area contributed by atoms with Crippen LogP contribution in [0.3, 0.4) is 0 Å². The molecule has 0 unspecified atom stereocenters. The highest BCUT2D eigenvalue weighted by Gasteiger charge is 2.24. The van der Waals surface area contributed by atoms with Gasteiger partial charge in [0.2, 0.25) is 5.95 Å². The third-order valence-electron chi connectivity index (χ3n) is 1.25. The summed E-state index contributed by atoms with van der Waals surface area (Å²) in [6.45, 7) is -0.0404. The first-order chi connectivity index (χ1) is 5.88. The molecule has 0 saturated heterocycles. The third-order valence-corrected chi connectivity index (χ3v) is 2.03. The molecule has 0 spiro atoms. The van der Waals surface area contributed by atoms with Gasteiger partial charge in [-0.1, -0.05) is 0 Å². The van der Waals surface area contributed by atoms with Crippen molar-refractivity contribution in [3.05, 3.63) is 4.73 Å². The molecule has 0 aliphatic rings. The van der Waals surface area contributed by atoms with Crippen molar-refractivity contribution >= 4 is 33.5 Å². The van der Waals surface area contributed by atoms with Crippen LogP contribution in [0, 0.1) is 0 Å². The second-order valence-electron chi connectivity index (χ2n) is 2.33. The Morgan fingerprint density at radius 1 is 1.62 bits per heavy atom. The van der Waals surface area contributed by atoms with Crippen LogP contribution < -0.4 is 5.73 Å². The van der Waals surface area contributed by atoms with Crippen LogP contribution in [0.5, 0.6) is 0 Å². The Labute approximate surface area is 86.2 Å². The standard InChI is InChI=1S/C5H6BrClF2N4/c6-3-11-4(10)12-13(3)2-1-5(7,8)9/h1-2H2,(H2,10,12). The zero-order valence-corrected chi connectivity index (χ0v) is 8.69. The maximum atomic E-state index is 12.2. The van der Waals surface area contributed by atoms with Crippen LogP contribution in [0.15, 0.2) is 4.73 Å². The summed E-state index contributed by atoms with van der Waals surface area (Å²) in [6, 6.07) is 0. The normalized spacial score (nSPS) is 12.0. The number of nitrogens with two attached hydrogens (primary N) is 1. The van der Waals surface area contributed by atoms with Crippen molar-refractivity contribution in [3.8, 4) is 0 Å². The number of halogens is 4. The van der Waals surface area contributed by atoms with Gasteiger partial charge >= 0.3 is 5.38 Å². The molecule has 0 fully saturated rings. The SMILES string of the molecule is Nc1nc(Br)n(CCC(F)(F)Cl)n1. The Morgan fingerprint density at radius 2 is 2.23 bits per heavy atom. The third kappa shape index (κ3) is 3.43. The average molecular weight is 275 g/mol. The molecule has 0 radical (unpaired) electrons. The maximum Gasteiger partial charge on any atom is 0.323 e. The Balaban J connectivity index is 2.59. The Morgan fingerprint density at radius 3 is 2.62 bits per heavy atom. The highest BCUT2D eigenvalue weighted by molar-refractivity contribution is 9.10. The van der Waals surface area contributed by atoms with E-state index in [1.807, 2.05) is 0 Å². The van der Waals surface area contributed by atoms with E-state index in [0.717, 1.165) is 0 Å². The van der Waals surface area contributed by atoms with Crippen molar-refractivity contribution in [2.75, 3.05) is 5.73 Å². The summed E-state index contributed by atoms with van der Waals surface area (Å²) in [5, 5.41) is 0.436. The van der Waals surface area contributed by atoms with E-state index in [1.54, 1.807) is 0 Å². The summed E-state index contributed by atoms with van der Waals surface area (Å²) in [4.78, 5) is 3.67. The predicted octanol–water partition coefficient (Wildman–Crippen LogP) is 1.84. The molecule has 2 N–H and O–H groups in total. The van der Waals surface area contributed by atoms with E-state index >= 15 is 0 Å². The molecule has 0 saturated carbocycles. The van der Waals surface area contributed by atoms with Gasteiger partial charge < -0.3 is 5.73 Å². The summed E-state index contributed by atoms with van der Waals surface area (Å²) in [5.41, 5.74) is 5.23. The zero-order chi connectivity index (χ0) is 10.1. The molecule has 0 aromatic carbocycles. The second kappa shape index (κ2) is 3.75. The van der Waals surface area contributed by atoms with E-state index in [4.69, 9.17) is 17.3 Å². The maximum absolute atomic E-state index is 12.2. The number of rotatable bonds is 3. The molecular formula is C5H6BrClF2N4. The van der Waals surface area contributed by atoms with E-state index in [9.17, 15) is 8.78 Å². The summed E-state index contributed by atoms with van der Waals surface area (Å²) >= 11 is 7.71. The molecule has 0 bridgehead atoms. The Hall–Kier alpha value is -0.430. The number of aromatic nitrogens is 3. The van der Waals surface area contributed by atoms with E-state index in [1.165, 1.54) is 4.68 Å². The minimum Gasteiger partial charge on any atom is -0.366 e. The number of nitrogen functional groups attached to an aromatic ring is 1. The quantitative estimate of drug-likeness (QED) is 0.857. The van der Waals surface area contributed by atoms with Crippen molar-refractivity contribution in [1.29, 1.82) is 0 Å². The topological polar surface area (TPSA) is 56.7 Å². The van der Waals surface area contributed by atoms with E-state index in [0.29, 0.717) is 4.73 Å². The number of alkyl halides is 3. The van der Waals surface area contributed by atoms with Crippen LogP contribution in [0.1, 0.15) is 6.42 Å². The first-order valence-electron chi connectivity index (χ1n) is 3.31. The lowest BCUT2D eigenvalue weighted by Gasteiger charge is -2.06. The van der Waals surface area contributed by atoms with Crippen LogP contribution >= 0.6 is 27.5 Å². The second-order valence-corrected chi connectivity index (χ2v) is 3.59. The van der Waals surface area contributed by atoms with Gasteiger partial charge in [-0.25, -0.2) is 4.68 Å². The van der Waals surface area contributed by atoms with Crippen LogP contribution in [0.2, 0.25) is 0 Å². The number of hydrogen-bond acceptors (Lipinski definition) is 3. The number of hydrogen-bond donors (Lipinski definition) is 1. The molecule has 8 heteroatoms.